The van der Waals surface area contributed by atoms with Gasteiger partial charge in [-0.1, -0.05) is 34.1 Å². The summed E-state index contributed by atoms with van der Waals surface area (Å²) in [5.41, 5.74) is 0.773. The molecular weight excluding hydrogens is 471 g/mol. The quantitative estimate of drug-likeness (QED) is 0.431. The van der Waals surface area contributed by atoms with E-state index in [4.69, 9.17) is 4.42 Å². The van der Waals surface area contributed by atoms with Crippen molar-refractivity contribution in [2.75, 3.05) is 6.26 Å². The Morgan fingerprint density at radius 1 is 1.17 bits per heavy atom. The summed E-state index contributed by atoms with van der Waals surface area (Å²) in [6.07, 6.45) is -2.05. The zero-order valence-corrected chi connectivity index (χ0v) is 18.1. The van der Waals surface area contributed by atoms with Crippen molar-refractivity contribution in [2.45, 2.75) is 25.3 Å². The van der Waals surface area contributed by atoms with Crippen LogP contribution in [0.25, 0.3) is 11.3 Å². The van der Waals surface area contributed by atoms with Crippen LogP contribution in [0.15, 0.2) is 55.8 Å². The van der Waals surface area contributed by atoms with Crippen LogP contribution in [0, 0.1) is 6.92 Å². The van der Waals surface area contributed by atoms with E-state index in [1.54, 1.807) is 13.8 Å². The number of rotatable bonds is 4. The minimum Gasteiger partial charge on any atom is -0.426 e. The van der Waals surface area contributed by atoms with Gasteiger partial charge in [0.15, 0.2) is 0 Å². The van der Waals surface area contributed by atoms with Gasteiger partial charge in [0.1, 0.15) is 17.1 Å². The summed E-state index contributed by atoms with van der Waals surface area (Å²) < 4.78 is 61.8. The molecule has 0 saturated carbocycles. The number of alkyl halides is 3. The maximum Gasteiger partial charge on any atom is 0.433 e. The molecule has 0 aliphatic carbocycles. The number of aryl methyl sites for hydroxylation is 1. The highest BCUT2D eigenvalue weighted by Crippen LogP contribution is 2.32. The number of hydrogen-bond acceptors (Lipinski definition) is 5. The second-order valence-electron chi connectivity index (χ2n) is 6.48. The molecule has 1 aromatic carbocycles. The Kier molecular flexibility index (Phi) is 5.86. The molecule has 29 heavy (non-hydrogen) atoms. The third kappa shape index (κ3) is 4.87. The molecule has 2 atom stereocenters. The summed E-state index contributed by atoms with van der Waals surface area (Å²) >= 11 is 3.37. The van der Waals surface area contributed by atoms with Crippen molar-refractivity contribution in [3.05, 3.63) is 64.1 Å². The average molecular weight is 488 g/mol. The van der Waals surface area contributed by atoms with Crippen molar-refractivity contribution in [1.29, 1.82) is 0 Å². The smallest absolute Gasteiger partial charge is 0.426 e. The molecule has 3 aromatic rings. The van der Waals surface area contributed by atoms with Crippen LogP contribution in [0.5, 0.6) is 0 Å². The van der Waals surface area contributed by atoms with Gasteiger partial charge in [0.25, 0.3) is 0 Å². The van der Waals surface area contributed by atoms with Gasteiger partial charge in [-0.25, -0.2) is 4.21 Å². The number of halogens is 4. The lowest BCUT2D eigenvalue weighted by molar-refractivity contribution is -0.141. The van der Waals surface area contributed by atoms with Gasteiger partial charge in [0.2, 0.25) is 0 Å². The molecule has 5 nitrogen and oxygen atoms in total. The lowest BCUT2D eigenvalue weighted by Gasteiger charge is -2.14. The Balaban J connectivity index is 1.92. The zero-order valence-electron chi connectivity index (χ0n) is 15.7. The molecule has 0 aliphatic heterocycles. The fraction of sp³-hybridized carbons (Fsp3) is 0.263. The molecule has 0 saturated heterocycles. The van der Waals surface area contributed by atoms with Gasteiger partial charge in [-0.2, -0.15) is 18.2 Å². The molecule has 0 radical (unpaired) electrons. The predicted molar refractivity (Wildman–Crippen MR) is 108 cm³/mol. The molecule has 0 spiro atoms. The van der Waals surface area contributed by atoms with E-state index < -0.39 is 26.8 Å². The van der Waals surface area contributed by atoms with Crippen molar-refractivity contribution in [1.82, 2.24) is 9.97 Å². The largest absolute Gasteiger partial charge is 0.433 e. The van der Waals surface area contributed by atoms with Crippen molar-refractivity contribution >= 4 is 31.7 Å². The minimum absolute atomic E-state index is 0.0420. The molecule has 2 unspecified atom stereocenters. The molecular formula is C19H17BrF3N3O2S. The second kappa shape index (κ2) is 7.91. The van der Waals surface area contributed by atoms with Crippen molar-refractivity contribution in [3.63, 3.8) is 0 Å². The molecule has 3 rings (SSSR count). The summed E-state index contributed by atoms with van der Waals surface area (Å²) in [5, 5.41) is -0.680. The molecule has 2 heterocycles. The summed E-state index contributed by atoms with van der Waals surface area (Å²) in [4.78, 5) is 7.75. The van der Waals surface area contributed by atoms with Crippen molar-refractivity contribution in [2.24, 2.45) is 4.36 Å². The Labute approximate surface area is 174 Å². The summed E-state index contributed by atoms with van der Waals surface area (Å²) in [5.74, 6) is 0.519. The third-order valence-electron chi connectivity index (χ3n) is 4.36. The topological polar surface area (TPSA) is 68.3 Å². The first-order valence-corrected chi connectivity index (χ1v) is 11.2. The van der Waals surface area contributed by atoms with Crippen LogP contribution in [0.1, 0.15) is 29.2 Å². The number of oxazole rings is 1. The van der Waals surface area contributed by atoms with Crippen molar-refractivity contribution in [3.8, 4) is 11.3 Å². The van der Waals surface area contributed by atoms with E-state index in [9.17, 15) is 17.4 Å². The average Bonchev–Trinajstić information content (AvgIpc) is 3.00. The van der Waals surface area contributed by atoms with Gasteiger partial charge in [0, 0.05) is 22.5 Å². The van der Waals surface area contributed by atoms with E-state index >= 15 is 0 Å². The molecule has 0 aliphatic rings. The summed E-state index contributed by atoms with van der Waals surface area (Å²) in [7, 11) is -2.92. The highest BCUT2D eigenvalue weighted by atomic mass is 79.9. The van der Waals surface area contributed by atoms with Crippen molar-refractivity contribution < 1.29 is 21.8 Å². The standard InChI is InChI=1S/C19H17BrF3N3O2S/c1-11-17(13-4-7-15(20)8-5-13)25-18(28-11)26-29(3,27)12(2)14-6-9-16(24-10-14)19(21,22)23/h4-10,12H,1-3H3. The molecule has 0 N–H and O–H groups in total. The first-order valence-electron chi connectivity index (χ1n) is 8.45. The van der Waals surface area contributed by atoms with Crippen LogP contribution in [-0.4, -0.2) is 20.4 Å². The Bertz CT molecular complexity index is 1130. The summed E-state index contributed by atoms with van der Waals surface area (Å²) in [6, 6.07) is 9.53. The van der Waals surface area contributed by atoms with Gasteiger partial charge < -0.3 is 4.42 Å². The molecule has 0 fully saturated rings. The lowest BCUT2D eigenvalue weighted by atomic mass is 10.1. The van der Waals surface area contributed by atoms with Gasteiger partial charge in [-0.05, 0) is 37.6 Å². The Hall–Kier alpha value is -2.20. The van der Waals surface area contributed by atoms with E-state index in [1.807, 2.05) is 24.3 Å². The predicted octanol–water partition coefficient (Wildman–Crippen LogP) is 6.32. The van der Waals surface area contributed by atoms with E-state index in [0.29, 0.717) is 17.0 Å². The van der Waals surface area contributed by atoms with Crippen LogP contribution in [0.2, 0.25) is 0 Å². The van der Waals surface area contributed by atoms with Crippen LogP contribution >= 0.6 is 15.9 Å². The number of hydrogen-bond donors (Lipinski definition) is 0. The molecule has 0 amide bonds. The van der Waals surface area contributed by atoms with E-state index in [0.717, 1.165) is 22.3 Å². The van der Waals surface area contributed by atoms with Crippen LogP contribution in [-0.2, 0) is 15.9 Å². The maximum absolute atomic E-state index is 13.1. The number of aromatic nitrogens is 2. The number of nitrogens with zero attached hydrogens (tertiary/aromatic N) is 3. The van der Waals surface area contributed by atoms with Gasteiger partial charge >= 0.3 is 12.2 Å². The zero-order chi connectivity index (χ0) is 21.4. The van der Waals surface area contributed by atoms with E-state index in [1.165, 1.54) is 12.3 Å². The third-order valence-corrected chi connectivity index (χ3v) is 7.00. The highest BCUT2D eigenvalue weighted by Gasteiger charge is 2.32. The Morgan fingerprint density at radius 3 is 2.38 bits per heavy atom. The Morgan fingerprint density at radius 2 is 1.83 bits per heavy atom. The second-order valence-corrected chi connectivity index (χ2v) is 10.0. The van der Waals surface area contributed by atoms with Crippen LogP contribution < -0.4 is 0 Å². The maximum atomic E-state index is 13.1. The number of pyridine rings is 1. The molecule has 2 aromatic heterocycles. The molecule has 0 bridgehead atoms. The van der Waals surface area contributed by atoms with Gasteiger partial charge in [-0.15, -0.1) is 4.36 Å². The SMILES string of the molecule is Cc1oc(N=S(C)(=O)C(C)c2ccc(C(F)(F)F)nc2)nc1-c1ccc(Br)cc1. The van der Waals surface area contributed by atoms with Crippen LogP contribution in [0.3, 0.4) is 0 Å². The van der Waals surface area contributed by atoms with E-state index in [2.05, 4.69) is 30.3 Å². The van der Waals surface area contributed by atoms with Crippen LogP contribution in [0.4, 0.5) is 19.2 Å². The first kappa shape index (κ1) is 21.5. The fourth-order valence-corrected chi connectivity index (χ4v) is 4.05. The van der Waals surface area contributed by atoms with Gasteiger partial charge in [-0.3, -0.25) is 4.98 Å². The molecule has 10 heteroatoms. The van der Waals surface area contributed by atoms with E-state index in [-0.39, 0.29) is 6.01 Å². The fourth-order valence-electron chi connectivity index (χ4n) is 2.60. The normalized spacial score (nSPS) is 15.0. The molecule has 154 valence electrons. The van der Waals surface area contributed by atoms with Gasteiger partial charge in [0.05, 0.1) is 15.0 Å². The lowest BCUT2D eigenvalue weighted by Crippen LogP contribution is -2.11. The first-order chi connectivity index (χ1) is 13.5. The summed E-state index contributed by atoms with van der Waals surface area (Å²) in [6.45, 7) is 3.34. The highest BCUT2D eigenvalue weighted by molar-refractivity contribution is 9.10. The monoisotopic (exact) mass is 487 g/mol. The minimum atomic E-state index is -4.53. The number of benzene rings is 1.